The predicted octanol–water partition coefficient (Wildman–Crippen LogP) is 1.32. The summed E-state index contributed by atoms with van der Waals surface area (Å²) in [5.41, 5.74) is 3.40. The molecular formula is C9H13N3O. The first-order chi connectivity index (χ1) is 6.24. The minimum absolute atomic E-state index is 0.473. The molecule has 0 saturated heterocycles. The Balaban J connectivity index is 2.69. The van der Waals surface area contributed by atoms with Crippen LogP contribution in [-0.2, 0) is 0 Å². The summed E-state index contributed by atoms with van der Waals surface area (Å²) in [6, 6.07) is 3.58. The molecule has 0 aliphatic rings. The number of nitrogens with two attached hydrogens (primary N) is 1. The molecule has 0 unspecified atom stereocenters. The van der Waals surface area contributed by atoms with E-state index in [1.807, 2.05) is 6.92 Å². The van der Waals surface area contributed by atoms with Gasteiger partial charge in [0.15, 0.2) is 11.6 Å². The summed E-state index contributed by atoms with van der Waals surface area (Å²) in [4.78, 5) is 3.98. The lowest BCUT2D eigenvalue weighted by atomic mass is 10.4. The Hall–Kier alpha value is -1.55. The number of ether oxygens (including phenoxy) is 1. The second-order valence-corrected chi connectivity index (χ2v) is 2.74. The molecule has 0 aliphatic carbocycles. The molecule has 0 atom stereocenters. The monoisotopic (exact) mass is 179 g/mol. The lowest BCUT2D eigenvalue weighted by molar-refractivity contribution is 0.353. The number of hydrogen-bond donors (Lipinski definition) is 2. The van der Waals surface area contributed by atoms with Gasteiger partial charge in [0, 0.05) is 6.20 Å². The van der Waals surface area contributed by atoms with Crippen LogP contribution in [-0.4, -0.2) is 11.6 Å². The Morgan fingerprint density at radius 2 is 2.54 bits per heavy atom. The number of nitrogen functional groups attached to an aromatic ring is 1. The average Bonchev–Trinajstić information content (AvgIpc) is 2.15. The molecule has 0 fully saturated rings. The maximum atomic E-state index is 5.38. The summed E-state index contributed by atoms with van der Waals surface area (Å²) < 4.78 is 5.38. The van der Waals surface area contributed by atoms with Crippen molar-refractivity contribution in [2.24, 2.45) is 5.84 Å². The van der Waals surface area contributed by atoms with Gasteiger partial charge in [0.1, 0.15) is 6.61 Å². The highest BCUT2D eigenvalue weighted by atomic mass is 16.5. The molecule has 1 rings (SSSR count). The van der Waals surface area contributed by atoms with Crippen LogP contribution in [0, 0.1) is 0 Å². The second kappa shape index (κ2) is 4.47. The molecule has 0 saturated carbocycles. The van der Waals surface area contributed by atoms with Crippen LogP contribution in [0.3, 0.4) is 0 Å². The first-order valence-corrected chi connectivity index (χ1v) is 3.93. The maximum Gasteiger partial charge on any atom is 0.182 e. The second-order valence-electron chi connectivity index (χ2n) is 2.74. The van der Waals surface area contributed by atoms with Crippen molar-refractivity contribution in [2.45, 2.75) is 6.92 Å². The van der Waals surface area contributed by atoms with Crippen LogP contribution in [0.5, 0.6) is 5.75 Å². The van der Waals surface area contributed by atoms with Gasteiger partial charge in [-0.15, -0.1) is 0 Å². The van der Waals surface area contributed by atoms with E-state index < -0.39 is 0 Å². The molecule has 0 aliphatic heterocycles. The highest BCUT2D eigenvalue weighted by Gasteiger charge is 2.01. The summed E-state index contributed by atoms with van der Waals surface area (Å²) >= 11 is 0. The third kappa shape index (κ3) is 2.76. The largest absolute Gasteiger partial charge is 0.485 e. The number of nitrogens with one attached hydrogen (secondary N) is 1. The van der Waals surface area contributed by atoms with Crippen molar-refractivity contribution in [3.8, 4) is 5.75 Å². The van der Waals surface area contributed by atoms with Crippen LogP contribution in [0.25, 0.3) is 0 Å². The Kier molecular flexibility index (Phi) is 3.28. The fourth-order valence-electron chi connectivity index (χ4n) is 0.816. The minimum Gasteiger partial charge on any atom is -0.485 e. The molecule has 0 amide bonds. The maximum absolute atomic E-state index is 5.38. The normalized spacial score (nSPS) is 9.38. The van der Waals surface area contributed by atoms with Crippen molar-refractivity contribution in [2.75, 3.05) is 12.0 Å². The summed E-state index contributed by atoms with van der Waals surface area (Å²) in [6.45, 7) is 6.10. The number of hydrogen-bond acceptors (Lipinski definition) is 4. The number of nitrogens with zero attached hydrogens (tertiary/aromatic N) is 1. The molecule has 13 heavy (non-hydrogen) atoms. The fourth-order valence-corrected chi connectivity index (χ4v) is 0.816. The Labute approximate surface area is 77.4 Å². The number of aromatic nitrogens is 1. The smallest absolute Gasteiger partial charge is 0.182 e. The molecule has 70 valence electrons. The first kappa shape index (κ1) is 9.54. The van der Waals surface area contributed by atoms with E-state index in [2.05, 4.69) is 17.0 Å². The molecule has 0 bridgehead atoms. The van der Waals surface area contributed by atoms with Gasteiger partial charge in [-0.25, -0.2) is 10.8 Å². The van der Waals surface area contributed by atoms with Crippen molar-refractivity contribution in [1.29, 1.82) is 0 Å². The van der Waals surface area contributed by atoms with Crippen molar-refractivity contribution in [3.05, 3.63) is 30.5 Å². The molecule has 0 spiro atoms. The van der Waals surface area contributed by atoms with E-state index in [0.717, 1.165) is 5.57 Å². The molecule has 3 N–H and O–H groups in total. The highest BCUT2D eigenvalue weighted by molar-refractivity contribution is 5.48. The molecule has 4 heteroatoms. The zero-order valence-corrected chi connectivity index (χ0v) is 7.58. The average molecular weight is 179 g/mol. The topological polar surface area (TPSA) is 60.2 Å². The summed E-state index contributed by atoms with van der Waals surface area (Å²) in [5, 5.41) is 0. The van der Waals surface area contributed by atoms with Gasteiger partial charge in [0.25, 0.3) is 0 Å². The van der Waals surface area contributed by atoms with E-state index >= 15 is 0 Å². The molecule has 1 aromatic rings. The first-order valence-electron chi connectivity index (χ1n) is 3.93. The van der Waals surface area contributed by atoms with Crippen molar-refractivity contribution in [1.82, 2.24) is 4.98 Å². The zero-order chi connectivity index (χ0) is 9.68. The summed E-state index contributed by atoms with van der Waals surface area (Å²) in [6.07, 6.45) is 1.64. The molecule has 1 aromatic heterocycles. The van der Waals surface area contributed by atoms with Gasteiger partial charge < -0.3 is 10.2 Å². The standard InChI is InChI=1S/C9H13N3O/c1-7(2)6-13-8-4-3-5-11-9(8)12-10/h3-5H,1,6,10H2,2H3,(H,11,12). The molecule has 0 aromatic carbocycles. The summed E-state index contributed by atoms with van der Waals surface area (Å²) in [7, 11) is 0. The van der Waals surface area contributed by atoms with E-state index in [9.17, 15) is 0 Å². The van der Waals surface area contributed by atoms with E-state index in [1.165, 1.54) is 0 Å². The van der Waals surface area contributed by atoms with Crippen LogP contribution in [0.1, 0.15) is 6.92 Å². The van der Waals surface area contributed by atoms with Gasteiger partial charge in [-0.2, -0.15) is 0 Å². The van der Waals surface area contributed by atoms with Crippen LogP contribution >= 0.6 is 0 Å². The van der Waals surface area contributed by atoms with Gasteiger partial charge in [0.2, 0.25) is 0 Å². The molecular weight excluding hydrogens is 166 g/mol. The molecule has 1 heterocycles. The van der Waals surface area contributed by atoms with Crippen molar-refractivity contribution >= 4 is 5.82 Å². The number of anilines is 1. The molecule has 4 nitrogen and oxygen atoms in total. The van der Waals surface area contributed by atoms with E-state index in [1.54, 1.807) is 18.3 Å². The Bertz CT molecular complexity index is 299. The lowest BCUT2D eigenvalue weighted by Gasteiger charge is -2.08. The SMILES string of the molecule is C=C(C)COc1cccnc1NN. The van der Waals surface area contributed by atoms with Crippen LogP contribution in [0.4, 0.5) is 5.82 Å². The van der Waals surface area contributed by atoms with Crippen molar-refractivity contribution < 1.29 is 4.74 Å². The Morgan fingerprint density at radius 3 is 3.15 bits per heavy atom. The van der Waals surface area contributed by atoms with Crippen LogP contribution in [0.15, 0.2) is 30.5 Å². The number of hydrazine groups is 1. The van der Waals surface area contributed by atoms with Gasteiger partial charge in [-0.05, 0) is 24.6 Å². The number of pyridine rings is 1. The third-order valence-corrected chi connectivity index (χ3v) is 1.38. The fraction of sp³-hybridized carbons (Fsp3) is 0.222. The van der Waals surface area contributed by atoms with Gasteiger partial charge in [-0.1, -0.05) is 6.58 Å². The van der Waals surface area contributed by atoms with Crippen LogP contribution < -0.4 is 16.0 Å². The minimum atomic E-state index is 0.473. The lowest BCUT2D eigenvalue weighted by Crippen LogP contribution is -2.10. The third-order valence-electron chi connectivity index (χ3n) is 1.38. The van der Waals surface area contributed by atoms with Crippen LogP contribution in [0.2, 0.25) is 0 Å². The summed E-state index contributed by atoms with van der Waals surface area (Å²) in [5.74, 6) is 6.41. The zero-order valence-electron chi connectivity index (χ0n) is 7.58. The van der Waals surface area contributed by atoms with Crippen molar-refractivity contribution in [3.63, 3.8) is 0 Å². The predicted molar refractivity (Wildman–Crippen MR) is 52.4 cm³/mol. The van der Waals surface area contributed by atoms with Gasteiger partial charge >= 0.3 is 0 Å². The van der Waals surface area contributed by atoms with E-state index in [4.69, 9.17) is 10.6 Å². The highest BCUT2D eigenvalue weighted by Crippen LogP contribution is 2.19. The molecule has 0 radical (unpaired) electrons. The Morgan fingerprint density at radius 1 is 1.77 bits per heavy atom. The van der Waals surface area contributed by atoms with E-state index in [0.29, 0.717) is 18.2 Å². The number of rotatable bonds is 4. The van der Waals surface area contributed by atoms with Gasteiger partial charge in [0.05, 0.1) is 0 Å². The van der Waals surface area contributed by atoms with Gasteiger partial charge in [-0.3, -0.25) is 0 Å². The quantitative estimate of drug-likeness (QED) is 0.416. The van der Waals surface area contributed by atoms with E-state index in [-0.39, 0.29) is 0 Å².